The highest BCUT2D eigenvalue weighted by atomic mass is 16.1. The van der Waals surface area contributed by atoms with E-state index in [4.69, 9.17) is 0 Å². The Morgan fingerprint density at radius 2 is 2.36 bits per heavy atom. The van der Waals surface area contributed by atoms with E-state index in [1.807, 2.05) is 25.1 Å². The summed E-state index contributed by atoms with van der Waals surface area (Å²) in [6, 6.07) is 3.53. The first kappa shape index (κ1) is 10.5. The molecule has 0 atom stereocenters. The van der Waals surface area contributed by atoms with Gasteiger partial charge in [-0.2, -0.15) is 10.2 Å². The molecule has 4 nitrogen and oxygen atoms in total. The van der Waals surface area contributed by atoms with Crippen LogP contribution < -0.4 is 0 Å². The number of hydrogen-bond donors (Lipinski definition) is 0. The topological polar surface area (TPSA) is 46.1 Å². The molecule has 0 amide bonds. The molecule has 0 saturated carbocycles. The maximum absolute atomic E-state index is 10.8. The van der Waals surface area contributed by atoms with Crippen LogP contribution in [0.15, 0.2) is 24.4 Å². The molecule has 1 rings (SSSR count). The summed E-state index contributed by atoms with van der Waals surface area (Å²) in [4.78, 5) is 12.7. The van der Waals surface area contributed by atoms with Gasteiger partial charge in [-0.05, 0) is 26.2 Å². The Hall–Kier alpha value is -1.55. The predicted octanol–water partition coefficient (Wildman–Crippen LogP) is 0.620. The summed E-state index contributed by atoms with van der Waals surface area (Å²) >= 11 is 0. The fourth-order valence-electron chi connectivity index (χ4n) is 0.949. The van der Waals surface area contributed by atoms with Crippen molar-refractivity contribution in [3.8, 4) is 0 Å². The van der Waals surface area contributed by atoms with E-state index in [1.54, 1.807) is 18.3 Å². The number of carbonyl (C=O) groups is 1. The number of rotatable bonds is 4. The Labute approximate surface area is 83.3 Å². The maximum atomic E-state index is 10.8. The summed E-state index contributed by atoms with van der Waals surface area (Å²) in [7, 11) is 3.88. The Morgan fingerprint density at radius 1 is 1.57 bits per heavy atom. The summed E-state index contributed by atoms with van der Waals surface area (Å²) < 4.78 is 0. The van der Waals surface area contributed by atoms with E-state index in [1.165, 1.54) is 0 Å². The average molecular weight is 191 g/mol. The molecule has 0 aliphatic rings. The zero-order valence-corrected chi connectivity index (χ0v) is 8.34. The summed E-state index contributed by atoms with van der Waals surface area (Å²) in [5.74, 6) is 0. The minimum Gasteiger partial charge on any atom is -0.306 e. The number of nitrogens with zero attached hydrogens (tertiary/aromatic N) is 3. The third-order valence-corrected chi connectivity index (χ3v) is 1.67. The molecule has 0 bridgehead atoms. The van der Waals surface area contributed by atoms with Crippen LogP contribution in [0.4, 0.5) is 0 Å². The first-order valence-electron chi connectivity index (χ1n) is 4.32. The Balaban J connectivity index is 2.82. The summed E-state index contributed by atoms with van der Waals surface area (Å²) in [6.07, 6.45) is 4.21. The van der Waals surface area contributed by atoms with Crippen molar-refractivity contribution in [1.29, 1.82) is 0 Å². The largest absolute Gasteiger partial charge is 0.306 e. The highest BCUT2D eigenvalue weighted by Crippen LogP contribution is 2.06. The van der Waals surface area contributed by atoms with E-state index in [0.29, 0.717) is 17.8 Å². The van der Waals surface area contributed by atoms with Crippen molar-refractivity contribution in [3.05, 3.63) is 30.1 Å². The quantitative estimate of drug-likeness (QED) is 0.517. The van der Waals surface area contributed by atoms with E-state index in [-0.39, 0.29) is 0 Å². The number of hydrogen-bond acceptors (Lipinski definition) is 4. The van der Waals surface area contributed by atoms with E-state index in [0.717, 1.165) is 6.29 Å². The molecule has 0 aliphatic carbocycles. The molecule has 0 aromatic carbocycles. The van der Waals surface area contributed by atoms with E-state index in [2.05, 4.69) is 10.2 Å². The first-order chi connectivity index (χ1) is 6.74. The van der Waals surface area contributed by atoms with Crippen LogP contribution in [-0.2, 0) is 4.79 Å². The molecule has 14 heavy (non-hydrogen) atoms. The van der Waals surface area contributed by atoms with Gasteiger partial charge < -0.3 is 4.90 Å². The minimum atomic E-state index is 0.576. The summed E-state index contributed by atoms with van der Waals surface area (Å²) in [5.41, 5.74) is 1.19. The molecule has 0 radical (unpaired) electrons. The smallest absolute Gasteiger partial charge is 0.152 e. The number of carbonyl (C=O) groups excluding carboxylic acids is 1. The van der Waals surface area contributed by atoms with Gasteiger partial charge in [0, 0.05) is 18.3 Å². The SMILES string of the molecule is CN(C)CC=C(C=O)c1cccnn1. The second-order valence-electron chi connectivity index (χ2n) is 3.15. The minimum absolute atomic E-state index is 0.576. The molecule has 0 fully saturated rings. The third-order valence-electron chi connectivity index (χ3n) is 1.67. The lowest BCUT2D eigenvalue weighted by Gasteiger charge is -2.05. The third kappa shape index (κ3) is 3.06. The number of likely N-dealkylation sites (N-methyl/N-ethyl adjacent to an activating group) is 1. The molecule has 0 saturated heterocycles. The van der Waals surface area contributed by atoms with Crippen molar-refractivity contribution in [2.75, 3.05) is 20.6 Å². The van der Waals surface area contributed by atoms with Crippen molar-refractivity contribution in [2.24, 2.45) is 0 Å². The molecule has 0 aliphatic heterocycles. The van der Waals surface area contributed by atoms with Crippen LogP contribution in [0.3, 0.4) is 0 Å². The van der Waals surface area contributed by atoms with Crippen molar-refractivity contribution >= 4 is 11.9 Å². The molecular weight excluding hydrogens is 178 g/mol. The van der Waals surface area contributed by atoms with Gasteiger partial charge in [0.15, 0.2) is 6.29 Å². The van der Waals surface area contributed by atoms with Crippen LogP contribution in [0.5, 0.6) is 0 Å². The number of aromatic nitrogens is 2. The summed E-state index contributed by atoms with van der Waals surface area (Å²) in [5, 5.41) is 7.58. The van der Waals surface area contributed by atoms with Crippen molar-refractivity contribution in [3.63, 3.8) is 0 Å². The Morgan fingerprint density at radius 3 is 2.86 bits per heavy atom. The normalized spacial score (nSPS) is 11.8. The lowest BCUT2D eigenvalue weighted by Crippen LogP contribution is -2.11. The fourth-order valence-corrected chi connectivity index (χ4v) is 0.949. The van der Waals surface area contributed by atoms with Gasteiger partial charge in [0.25, 0.3) is 0 Å². The Bertz CT molecular complexity index is 319. The van der Waals surface area contributed by atoms with Crippen molar-refractivity contribution in [2.45, 2.75) is 0 Å². The van der Waals surface area contributed by atoms with Crippen LogP contribution in [-0.4, -0.2) is 42.0 Å². The zero-order valence-electron chi connectivity index (χ0n) is 8.34. The second-order valence-corrected chi connectivity index (χ2v) is 3.15. The predicted molar refractivity (Wildman–Crippen MR) is 54.6 cm³/mol. The molecule has 1 aromatic heterocycles. The molecular formula is C10H13N3O. The van der Waals surface area contributed by atoms with Gasteiger partial charge in [0.05, 0.1) is 5.69 Å². The van der Waals surface area contributed by atoms with Crippen LogP contribution in [0.25, 0.3) is 5.57 Å². The lowest BCUT2D eigenvalue weighted by atomic mass is 10.2. The highest BCUT2D eigenvalue weighted by Gasteiger charge is 2.00. The van der Waals surface area contributed by atoms with Crippen LogP contribution in [0, 0.1) is 0 Å². The van der Waals surface area contributed by atoms with Gasteiger partial charge in [-0.15, -0.1) is 0 Å². The van der Waals surface area contributed by atoms with Gasteiger partial charge in [-0.25, -0.2) is 0 Å². The average Bonchev–Trinajstić information content (AvgIpc) is 2.20. The van der Waals surface area contributed by atoms with Gasteiger partial charge in [-0.3, -0.25) is 4.79 Å². The molecule has 74 valence electrons. The van der Waals surface area contributed by atoms with Gasteiger partial charge in [0.1, 0.15) is 0 Å². The van der Waals surface area contributed by atoms with E-state index < -0.39 is 0 Å². The number of allylic oxidation sites excluding steroid dienone is 1. The summed E-state index contributed by atoms with van der Waals surface area (Å²) in [6.45, 7) is 0.713. The first-order valence-corrected chi connectivity index (χ1v) is 4.32. The molecule has 4 heteroatoms. The van der Waals surface area contributed by atoms with Gasteiger partial charge in [-0.1, -0.05) is 6.08 Å². The molecule has 1 heterocycles. The molecule has 0 N–H and O–H groups in total. The van der Waals surface area contributed by atoms with E-state index in [9.17, 15) is 4.79 Å². The van der Waals surface area contributed by atoms with Crippen molar-refractivity contribution in [1.82, 2.24) is 15.1 Å². The van der Waals surface area contributed by atoms with Crippen molar-refractivity contribution < 1.29 is 4.79 Å². The van der Waals surface area contributed by atoms with Gasteiger partial charge >= 0.3 is 0 Å². The molecule has 0 unspecified atom stereocenters. The molecule has 1 aromatic rings. The fraction of sp³-hybridized carbons (Fsp3) is 0.300. The van der Waals surface area contributed by atoms with E-state index >= 15 is 0 Å². The number of aldehydes is 1. The lowest BCUT2D eigenvalue weighted by molar-refractivity contribution is -0.103. The molecule has 0 spiro atoms. The monoisotopic (exact) mass is 191 g/mol. The van der Waals surface area contributed by atoms with Crippen LogP contribution >= 0.6 is 0 Å². The standard InChI is InChI=1S/C10H13N3O/c1-13(2)7-5-9(8-14)10-4-3-6-11-12-10/h3-6,8H,7H2,1-2H3. The second kappa shape index (κ2) is 5.24. The van der Waals surface area contributed by atoms with Crippen LogP contribution in [0.1, 0.15) is 5.69 Å². The Kier molecular flexibility index (Phi) is 3.94. The van der Waals surface area contributed by atoms with Gasteiger partial charge in [0.2, 0.25) is 0 Å². The zero-order chi connectivity index (χ0) is 10.4. The maximum Gasteiger partial charge on any atom is 0.152 e. The highest BCUT2D eigenvalue weighted by molar-refractivity contribution is 6.05. The van der Waals surface area contributed by atoms with Crippen LogP contribution in [0.2, 0.25) is 0 Å².